The normalized spacial score (nSPS) is 15.9. The molecule has 1 aliphatic heterocycles. The maximum atomic E-state index is 12.9. The van der Waals surface area contributed by atoms with Crippen molar-refractivity contribution < 1.29 is 18.3 Å². The predicted molar refractivity (Wildman–Crippen MR) is 93.0 cm³/mol. The number of anilines is 1. The zero-order valence-electron chi connectivity index (χ0n) is 13.6. The summed E-state index contributed by atoms with van der Waals surface area (Å²) in [4.78, 5) is 17.4. The third-order valence-electron chi connectivity index (χ3n) is 4.14. The van der Waals surface area contributed by atoms with Crippen LogP contribution in [0.2, 0.25) is 0 Å². The molecule has 1 fully saturated rings. The Hall–Kier alpha value is -2.45. The summed E-state index contributed by atoms with van der Waals surface area (Å²) in [6, 6.07) is 11.9. The number of rotatable bonds is 5. The van der Waals surface area contributed by atoms with Crippen LogP contribution in [0.3, 0.4) is 0 Å². The van der Waals surface area contributed by atoms with Crippen molar-refractivity contribution in [2.75, 3.05) is 31.1 Å². The van der Waals surface area contributed by atoms with E-state index in [0.717, 1.165) is 5.82 Å². The summed E-state index contributed by atoms with van der Waals surface area (Å²) in [5.41, 5.74) is 0.308. The number of hydrogen-bond acceptors (Lipinski definition) is 5. The van der Waals surface area contributed by atoms with Crippen molar-refractivity contribution in [1.82, 2.24) is 9.29 Å². The second kappa shape index (κ2) is 7.20. The van der Waals surface area contributed by atoms with Gasteiger partial charge in [0.25, 0.3) is 0 Å². The lowest BCUT2D eigenvalue weighted by atomic mass is 10.1. The fraction of sp³-hybridized carbons (Fsp3) is 0.294. The monoisotopic (exact) mass is 361 g/mol. The van der Waals surface area contributed by atoms with Gasteiger partial charge in [-0.15, -0.1) is 0 Å². The Morgan fingerprint density at radius 2 is 1.72 bits per heavy atom. The van der Waals surface area contributed by atoms with Crippen LogP contribution < -0.4 is 4.90 Å². The van der Waals surface area contributed by atoms with Gasteiger partial charge in [0.15, 0.2) is 0 Å². The zero-order valence-corrected chi connectivity index (χ0v) is 14.4. The van der Waals surface area contributed by atoms with Gasteiger partial charge in [0.05, 0.1) is 11.3 Å². The number of benzene rings is 1. The van der Waals surface area contributed by atoms with Crippen molar-refractivity contribution in [1.29, 1.82) is 0 Å². The molecule has 0 spiro atoms. The average Bonchev–Trinajstić information content (AvgIpc) is 2.62. The maximum Gasteiger partial charge on any atom is 0.307 e. The van der Waals surface area contributed by atoms with E-state index in [4.69, 9.17) is 5.11 Å². The molecule has 1 aliphatic rings. The molecule has 132 valence electrons. The van der Waals surface area contributed by atoms with E-state index in [-0.39, 0.29) is 11.3 Å². The van der Waals surface area contributed by atoms with Crippen molar-refractivity contribution in [2.45, 2.75) is 11.3 Å². The number of hydrogen-bond donors (Lipinski definition) is 1. The molecule has 0 unspecified atom stereocenters. The molecule has 1 saturated heterocycles. The maximum absolute atomic E-state index is 12.9. The van der Waals surface area contributed by atoms with Crippen LogP contribution >= 0.6 is 0 Å². The smallest absolute Gasteiger partial charge is 0.307 e. The quantitative estimate of drug-likeness (QED) is 0.861. The zero-order chi connectivity index (χ0) is 17.9. The number of pyridine rings is 1. The summed E-state index contributed by atoms with van der Waals surface area (Å²) in [5.74, 6) is -0.228. The van der Waals surface area contributed by atoms with Crippen molar-refractivity contribution in [3.8, 4) is 0 Å². The number of aromatic nitrogens is 1. The van der Waals surface area contributed by atoms with E-state index in [0.29, 0.717) is 31.7 Å². The number of carbonyl (C=O) groups is 1. The second-order valence-corrected chi connectivity index (χ2v) is 7.66. The van der Waals surface area contributed by atoms with E-state index in [1.807, 2.05) is 23.1 Å². The minimum absolute atomic E-state index is 0.0729. The molecule has 25 heavy (non-hydrogen) atoms. The summed E-state index contributed by atoms with van der Waals surface area (Å²) >= 11 is 0. The van der Waals surface area contributed by atoms with Crippen LogP contribution in [-0.4, -0.2) is 55.0 Å². The Bertz CT molecular complexity index is 847. The Balaban J connectivity index is 1.78. The first kappa shape index (κ1) is 17.4. The van der Waals surface area contributed by atoms with Crippen molar-refractivity contribution >= 4 is 21.8 Å². The second-order valence-electron chi connectivity index (χ2n) is 5.76. The van der Waals surface area contributed by atoms with Crippen LogP contribution in [0.4, 0.5) is 5.82 Å². The molecule has 3 rings (SSSR count). The number of carboxylic acids is 1. The number of piperazine rings is 1. The number of nitrogens with zero attached hydrogens (tertiary/aromatic N) is 3. The van der Waals surface area contributed by atoms with Gasteiger partial charge in [-0.25, -0.2) is 13.4 Å². The summed E-state index contributed by atoms with van der Waals surface area (Å²) in [6.45, 7) is 1.75. The predicted octanol–water partition coefficient (Wildman–Crippen LogP) is 1.22. The Morgan fingerprint density at radius 3 is 2.36 bits per heavy atom. The van der Waals surface area contributed by atoms with E-state index < -0.39 is 16.0 Å². The Kier molecular flexibility index (Phi) is 5.00. The first-order valence-corrected chi connectivity index (χ1v) is 9.38. The fourth-order valence-corrected chi connectivity index (χ4v) is 4.55. The highest BCUT2D eigenvalue weighted by Crippen LogP contribution is 2.23. The number of aliphatic carboxylic acids is 1. The summed E-state index contributed by atoms with van der Waals surface area (Å²) in [5, 5.41) is 9.01. The van der Waals surface area contributed by atoms with E-state index >= 15 is 0 Å². The molecule has 1 aromatic heterocycles. The highest BCUT2D eigenvalue weighted by molar-refractivity contribution is 7.89. The minimum atomic E-state index is -3.72. The lowest BCUT2D eigenvalue weighted by Gasteiger charge is -2.34. The molecule has 1 aromatic carbocycles. The summed E-state index contributed by atoms with van der Waals surface area (Å²) < 4.78 is 27.3. The van der Waals surface area contributed by atoms with Crippen molar-refractivity contribution in [3.63, 3.8) is 0 Å². The average molecular weight is 361 g/mol. The first-order chi connectivity index (χ1) is 12.0. The van der Waals surface area contributed by atoms with Gasteiger partial charge < -0.3 is 10.0 Å². The van der Waals surface area contributed by atoms with Crippen LogP contribution in [-0.2, 0) is 21.2 Å². The standard InChI is InChI=1S/C17H19N3O4S/c21-17(22)13-14-5-1-2-6-15(14)25(23,24)20-11-9-19(10-12-20)16-7-3-4-8-18-16/h1-8H,9-13H2,(H,21,22). The fourth-order valence-electron chi connectivity index (χ4n) is 2.90. The summed E-state index contributed by atoms with van der Waals surface area (Å²) in [6.07, 6.45) is 1.39. The van der Waals surface area contributed by atoms with Gasteiger partial charge in [0.2, 0.25) is 10.0 Å². The van der Waals surface area contributed by atoms with Crippen LogP contribution in [0.1, 0.15) is 5.56 Å². The van der Waals surface area contributed by atoms with Gasteiger partial charge in [-0.3, -0.25) is 4.79 Å². The highest BCUT2D eigenvalue weighted by Gasteiger charge is 2.30. The molecule has 0 aliphatic carbocycles. The third kappa shape index (κ3) is 3.80. The van der Waals surface area contributed by atoms with Crippen LogP contribution in [0.5, 0.6) is 0 Å². The van der Waals surface area contributed by atoms with Gasteiger partial charge in [0.1, 0.15) is 5.82 Å². The highest BCUT2D eigenvalue weighted by atomic mass is 32.2. The Morgan fingerprint density at radius 1 is 1.04 bits per heavy atom. The largest absolute Gasteiger partial charge is 0.481 e. The molecule has 8 heteroatoms. The topological polar surface area (TPSA) is 90.8 Å². The van der Waals surface area contributed by atoms with Crippen LogP contribution in [0.25, 0.3) is 0 Å². The van der Waals surface area contributed by atoms with E-state index in [9.17, 15) is 13.2 Å². The molecule has 0 amide bonds. The van der Waals surface area contributed by atoms with Crippen LogP contribution in [0.15, 0.2) is 53.6 Å². The van der Waals surface area contributed by atoms with Gasteiger partial charge in [0, 0.05) is 32.4 Å². The summed E-state index contributed by atoms with van der Waals surface area (Å²) in [7, 11) is -3.72. The minimum Gasteiger partial charge on any atom is -0.481 e. The van der Waals surface area contributed by atoms with E-state index in [2.05, 4.69) is 4.98 Å². The molecule has 2 heterocycles. The molecule has 7 nitrogen and oxygen atoms in total. The van der Waals surface area contributed by atoms with Gasteiger partial charge in [-0.05, 0) is 23.8 Å². The van der Waals surface area contributed by atoms with Gasteiger partial charge in [-0.1, -0.05) is 24.3 Å². The molecular formula is C17H19N3O4S. The lowest BCUT2D eigenvalue weighted by molar-refractivity contribution is -0.136. The first-order valence-electron chi connectivity index (χ1n) is 7.94. The van der Waals surface area contributed by atoms with E-state index in [1.54, 1.807) is 24.4 Å². The van der Waals surface area contributed by atoms with Crippen molar-refractivity contribution in [2.24, 2.45) is 0 Å². The lowest BCUT2D eigenvalue weighted by Crippen LogP contribution is -2.49. The molecule has 2 aromatic rings. The molecule has 0 saturated carbocycles. The number of sulfonamides is 1. The van der Waals surface area contributed by atoms with Gasteiger partial charge >= 0.3 is 5.97 Å². The SMILES string of the molecule is O=C(O)Cc1ccccc1S(=O)(=O)N1CCN(c2ccccn2)CC1. The molecule has 0 bridgehead atoms. The molecular weight excluding hydrogens is 342 g/mol. The molecule has 1 N–H and O–H groups in total. The Labute approximate surface area is 146 Å². The van der Waals surface area contributed by atoms with E-state index in [1.165, 1.54) is 10.4 Å². The van der Waals surface area contributed by atoms with Crippen LogP contribution in [0, 0.1) is 0 Å². The van der Waals surface area contributed by atoms with Gasteiger partial charge in [-0.2, -0.15) is 4.31 Å². The van der Waals surface area contributed by atoms with Crippen molar-refractivity contribution in [3.05, 3.63) is 54.2 Å². The third-order valence-corrected chi connectivity index (χ3v) is 6.14. The molecule has 0 atom stereocenters. The molecule has 0 radical (unpaired) electrons. The number of carboxylic acid groups (broad SMARTS) is 1.